The van der Waals surface area contributed by atoms with Crippen LogP contribution in [0.3, 0.4) is 0 Å². The molecule has 0 aromatic rings. The Labute approximate surface area is 94.6 Å². The van der Waals surface area contributed by atoms with Gasteiger partial charge in [-0.3, -0.25) is 4.90 Å². The first-order valence-electron chi connectivity index (χ1n) is 6.07. The van der Waals surface area contributed by atoms with Gasteiger partial charge in [0.2, 0.25) is 0 Å². The monoisotopic (exact) mass is 213 g/mol. The van der Waals surface area contributed by atoms with Gasteiger partial charge >= 0.3 is 0 Å². The van der Waals surface area contributed by atoms with Gasteiger partial charge in [-0.15, -0.1) is 0 Å². The zero-order valence-electron chi connectivity index (χ0n) is 11.0. The number of piperazine rings is 1. The zero-order valence-corrected chi connectivity index (χ0v) is 11.0. The van der Waals surface area contributed by atoms with Crippen molar-refractivity contribution in [3.05, 3.63) is 0 Å². The molecule has 0 aliphatic carbocycles. The van der Waals surface area contributed by atoms with E-state index < -0.39 is 0 Å². The van der Waals surface area contributed by atoms with Crippen LogP contribution in [-0.4, -0.2) is 54.6 Å². The molecular formula is C12H27N3. The Hall–Kier alpha value is -0.120. The molecule has 2 N–H and O–H groups in total. The second-order valence-electron chi connectivity index (χ2n) is 5.49. The third-order valence-corrected chi connectivity index (χ3v) is 4.34. The van der Waals surface area contributed by atoms with Gasteiger partial charge in [0.15, 0.2) is 0 Å². The molecule has 90 valence electrons. The molecule has 1 rings (SSSR count). The van der Waals surface area contributed by atoms with E-state index in [2.05, 4.69) is 44.5 Å². The van der Waals surface area contributed by atoms with Crippen molar-refractivity contribution in [2.45, 2.75) is 39.3 Å². The molecule has 0 spiro atoms. The van der Waals surface area contributed by atoms with Crippen LogP contribution in [0.25, 0.3) is 0 Å². The maximum Gasteiger partial charge on any atom is 0.0327 e. The molecule has 1 fully saturated rings. The largest absolute Gasteiger partial charge is 0.329 e. The lowest BCUT2D eigenvalue weighted by Crippen LogP contribution is -2.62. The van der Waals surface area contributed by atoms with Crippen molar-refractivity contribution >= 4 is 0 Å². The fourth-order valence-corrected chi connectivity index (χ4v) is 2.24. The van der Waals surface area contributed by atoms with E-state index in [4.69, 9.17) is 5.73 Å². The number of likely N-dealkylation sites (N-methyl/N-ethyl adjacent to an activating group) is 1. The summed E-state index contributed by atoms with van der Waals surface area (Å²) in [5, 5.41) is 0. The van der Waals surface area contributed by atoms with Crippen molar-refractivity contribution in [2.75, 3.05) is 33.2 Å². The molecule has 1 heterocycles. The Kier molecular flexibility index (Phi) is 4.15. The van der Waals surface area contributed by atoms with E-state index in [1.54, 1.807) is 0 Å². The van der Waals surface area contributed by atoms with Crippen molar-refractivity contribution in [3.8, 4) is 0 Å². The molecule has 2 unspecified atom stereocenters. The van der Waals surface area contributed by atoms with E-state index >= 15 is 0 Å². The van der Waals surface area contributed by atoms with Gasteiger partial charge in [0.25, 0.3) is 0 Å². The molecule has 0 amide bonds. The van der Waals surface area contributed by atoms with Crippen LogP contribution < -0.4 is 5.73 Å². The first-order valence-corrected chi connectivity index (χ1v) is 6.07. The Bertz CT molecular complexity index is 205. The van der Waals surface area contributed by atoms with E-state index in [1.807, 2.05) is 0 Å². The zero-order chi connectivity index (χ0) is 11.6. The molecule has 1 aliphatic heterocycles. The Morgan fingerprint density at radius 3 is 2.40 bits per heavy atom. The molecule has 0 saturated carbocycles. The molecule has 0 radical (unpaired) electrons. The van der Waals surface area contributed by atoms with Crippen LogP contribution in [0, 0.1) is 5.92 Å². The normalized spacial score (nSPS) is 29.4. The van der Waals surface area contributed by atoms with Gasteiger partial charge in [0.1, 0.15) is 0 Å². The van der Waals surface area contributed by atoms with E-state index in [1.165, 1.54) is 0 Å². The quantitative estimate of drug-likeness (QED) is 0.759. The van der Waals surface area contributed by atoms with E-state index in [0.29, 0.717) is 12.0 Å². The molecule has 3 heteroatoms. The summed E-state index contributed by atoms with van der Waals surface area (Å²) in [5.41, 5.74) is 6.13. The SMILES string of the molecule is CC1CN(C(C)(CN)C(C)C)CCN1C. The van der Waals surface area contributed by atoms with E-state index in [0.717, 1.165) is 26.2 Å². The molecule has 0 aromatic heterocycles. The van der Waals surface area contributed by atoms with Gasteiger partial charge in [-0.2, -0.15) is 0 Å². The first-order chi connectivity index (χ1) is 6.91. The number of hydrogen-bond donors (Lipinski definition) is 1. The first kappa shape index (κ1) is 12.9. The molecule has 15 heavy (non-hydrogen) atoms. The average Bonchev–Trinajstić information content (AvgIpc) is 2.20. The summed E-state index contributed by atoms with van der Waals surface area (Å²) in [6.45, 7) is 13.3. The second-order valence-corrected chi connectivity index (χ2v) is 5.49. The molecule has 0 bridgehead atoms. The van der Waals surface area contributed by atoms with Crippen LogP contribution in [0.4, 0.5) is 0 Å². The molecule has 3 nitrogen and oxygen atoms in total. The lowest BCUT2D eigenvalue weighted by molar-refractivity contribution is 0.00328. The third-order valence-electron chi connectivity index (χ3n) is 4.34. The average molecular weight is 213 g/mol. The van der Waals surface area contributed by atoms with Crippen molar-refractivity contribution in [1.29, 1.82) is 0 Å². The van der Waals surface area contributed by atoms with Crippen molar-refractivity contribution in [2.24, 2.45) is 11.7 Å². The minimum atomic E-state index is 0.162. The summed E-state index contributed by atoms with van der Waals surface area (Å²) < 4.78 is 0. The maximum absolute atomic E-state index is 5.96. The van der Waals surface area contributed by atoms with Crippen LogP contribution in [0.1, 0.15) is 27.7 Å². The van der Waals surface area contributed by atoms with Gasteiger partial charge in [-0.1, -0.05) is 13.8 Å². The van der Waals surface area contributed by atoms with E-state index in [9.17, 15) is 0 Å². The minimum absolute atomic E-state index is 0.162. The number of hydrogen-bond acceptors (Lipinski definition) is 3. The molecular weight excluding hydrogens is 186 g/mol. The van der Waals surface area contributed by atoms with Crippen LogP contribution in [0.2, 0.25) is 0 Å². The van der Waals surface area contributed by atoms with Crippen molar-refractivity contribution in [1.82, 2.24) is 9.80 Å². The topological polar surface area (TPSA) is 32.5 Å². The maximum atomic E-state index is 5.96. The number of nitrogens with two attached hydrogens (primary N) is 1. The number of nitrogens with zero attached hydrogens (tertiary/aromatic N) is 2. The molecule has 1 aliphatic rings. The van der Waals surface area contributed by atoms with Crippen molar-refractivity contribution in [3.63, 3.8) is 0 Å². The van der Waals surface area contributed by atoms with Gasteiger partial charge < -0.3 is 10.6 Å². The van der Waals surface area contributed by atoms with Gasteiger partial charge in [0, 0.05) is 37.8 Å². The summed E-state index contributed by atoms with van der Waals surface area (Å²) in [4.78, 5) is 5.00. The van der Waals surface area contributed by atoms with Crippen LogP contribution in [0.15, 0.2) is 0 Å². The second kappa shape index (κ2) is 4.81. The highest BCUT2D eigenvalue weighted by atomic mass is 15.3. The number of rotatable bonds is 3. The third kappa shape index (κ3) is 2.52. The molecule has 1 saturated heterocycles. The van der Waals surface area contributed by atoms with Crippen molar-refractivity contribution < 1.29 is 0 Å². The fraction of sp³-hybridized carbons (Fsp3) is 1.00. The van der Waals surface area contributed by atoms with Gasteiger partial charge in [-0.05, 0) is 26.8 Å². The predicted molar refractivity (Wildman–Crippen MR) is 66.0 cm³/mol. The fourth-order valence-electron chi connectivity index (χ4n) is 2.24. The predicted octanol–water partition coefficient (Wildman–Crippen LogP) is 0.996. The van der Waals surface area contributed by atoms with E-state index in [-0.39, 0.29) is 5.54 Å². The smallest absolute Gasteiger partial charge is 0.0327 e. The lowest BCUT2D eigenvalue weighted by Gasteiger charge is -2.49. The molecule has 2 atom stereocenters. The van der Waals surface area contributed by atoms with Crippen LogP contribution in [0.5, 0.6) is 0 Å². The summed E-state index contributed by atoms with van der Waals surface area (Å²) in [6, 6.07) is 0.642. The lowest BCUT2D eigenvalue weighted by atomic mass is 9.85. The Balaban J connectivity index is 2.70. The summed E-state index contributed by atoms with van der Waals surface area (Å²) in [5.74, 6) is 0.609. The summed E-state index contributed by atoms with van der Waals surface area (Å²) >= 11 is 0. The van der Waals surface area contributed by atoms with Crippen LogP contribution >= 0.6 is 0 Å². The van der Waals surface area contributed by atoms with Crippen LogP contribution in [-0.2, 0) is 0 Å². The Morgan fingerprint density at radius 1 is 1.40 bits per heavy atom. The highest BCUT2D eigenvalue weighted by molar-refractivity contribution is 4.94. The standard InChI is InChI=1S/C12H27N3/c1-10(2)12(4,9-13)15-7-6-14(5)11(3)8-15/h10-11H,6-9,13H2,1-5H3. The van der Waals surface area contributed by atoms with Gasteiger partial charge in [0.05, 0.1) is 0 Å². The molecule has 0 aromatic carbocycles. The Morgan fingerprint density at radius 2 is 2.00 bits per heavy atom. The summed E-state index contributed by atoms with van der Waals surface area (Å²) in [7, 11) is 2.21. The minimum Gasteiger partial charge on any atom is -0.329 e. The highest BCUT2D eigenvalue weighted by Gasteiger charge is 2.36. The van der Waals surface area contributed by atoms with Gasteiger partial charge in [-0.25, -0.2) is 0 Å². The summed E-state index contributed by atoms with van der Waals surface area (Å²) in [6.07, 6.45) is 0. The highest BCUT2D eigenvalue weighted by Crippen LogP contribution is 2.26.